The number of aromatic nitrogens is 3. The summed E-state index contributed by atoms with van der Waals surface area (Å²) in [7, 11) is 1.77. The number of nitrogens with zero attached hydrogens (tertiary/aromatic N) is 3. The number of benzene rings is 2. The van der Waals surface area contributed by atoms with Gasteiger partial charge in [-0.3, -0.25) is 9.36 Å². The molecule has 27 heavy (non-hydrogen) atoms. The molecule has 0 bridgehead atoms. The van der Waals surface area contributed by atoms with Gasteiger partial charge in [0, 0.05) is 18.4 Å². The largest absolute Gasteiger partial charge is 0.287 e. The van der Waals surface area contributed by atoms with Gasteiger partial charge in [-0.1, -0.05) is 47.7 Å². The van der Waals surface area contributed by atoms with Crippen LogP contribution in [0.2, 0.25) is 0 Å². The maximum absolute atomic E-state index is 12.9. The molecule has 3 aromatic rings. The predicted molar refractivity (Wildman–Crippen MR) is 112 cm³/mol. The fraction of sp³-hybridized carbons (Fsp3) is 0.318. The third kappa shape index (κ3) is 3.83. The Kier molecular flexibility index (Phi) is 5.51. The molecule has 0 atom stereocenters. The van der Waals surface area contributed by atoms with Gasteiger partial charge < -0.3 is 0 Å². The van der Waals surface area contributed by atoms with E-state index in [2.05, 4.69) is 43.1 Å². The predicted octanol–water partition coefficient (Wildman–Crippen LogP) is 4.68. The maximum atomic E-state index is 12.9. The maximum Gasteiger partial charge on any atom is 0.280 e. The summed E-state index contributed by atoms with van der Waals surface area (Å²) in [6.07, 6.45) is 0. The number of aryl methyl sites for hydroxylation is 4. The second-order valence-electron chi connectivity index (χ2n) is 7.11. The van der Waals surface area contributed by atoms with Crippen molar-refractivity contribution in [3.8, 4) is 11.3 Å². The normalized spacial score (nSPS) is 11.0. The molecule has 0 spiro atoms. The van der Waals surface area contributed by atoms with Crippen LogP contribution in [0.5, 0.6) is 0 Å². The van der Waals surface area contributed by atoms with Crippen LogP contribution in [0.3, 0.4) is 0 Å². The van der Waals surface area contributed by atoms with E-state index in [0.717, 1.165) is 22.4 Å². The van der Waals surface area contributed by atoms with E-state index in [1.807, 2.05) is 32.0 Å². The molecule has 3 rings (SSSR count). The van der Waals surface area contributed by atoms with Crippen LogP contribution >= 0.6 is 11.8 Å². The van der Waals surface area contributed by atoms with Crippen molar-refractivity contribution in [3.05, 3.63) is 74.1 Å². The average Bonchev–Trinajstić information content (AvgIpc) is 2.60. The average molecular weight is 380 g/mol. The Balaban J connectivity index is 1.93. The van der Waals surface area contributed by atoms with Crippen molar-refractivity contribution >= 4 is 11.8 Å². The van der Waals surface area contributed by atoms with Gasteiger partial charge in [0.1, 0.15) is 0 Å². The van der Waals surface area contributed by atoms with Crippen LogP contribution < -0.4 is 5.56 Å². The second-order valence-corrected chi connectivity index (χ2v) is 8.05. The topological polar surface area (TPSA) is 47.8 Å². The molecule has 0 saturated carbocycles. The van der Waals surface area contributed by atoms with Crippen LogP contribution in [-0.2, 0) is 12.8 Å². The van der Waals surface area contributed by atoms with Gasteiger partial charge in [-0.05, 0) is 62.4 Å². The Hall–Kier alpha value is -2.40. The lowest BCUT2D eigenvalue weighted by Gasteiger charge is -2.13. The molecule has 0 unspecified atom stereocenters. The molecule has 1 heterocycles. The molecule has 5 heteroatoms. The lowest BCUT2D eigenvalue weighted by molar-refractivity contribution is 0.665. The van der Waals surface area contributed by atoms with Crippen LogP contribution in [0.1, 0.15) is 33.4 Å². The first-order valence-corrected chi connectivity index (χ1v) is 9.98. The second kappa shape index (κ2) is 7.69. The Labute approximate surface area is 164 Å². The first-order valence-electron chi connectivity index (χ1n) is 8.99. The molecule has 0 aliphatic heterocycles. The molecule has 4 nitrogen and oxygen atoms in total. The minimum absolute atomic E-state index is 0.112. The Morgan fingerprint density at radius 2 is 1.63 bits per heavy atom. The standard InChI is InChI=1S/C22H25N3OS/c1-13-10-15(3)19(16(4)11-13)12-27-22-24-23-20(21(26)25(22)6)18-9-7-8-14(2)17(18)5/h7-11H,12H2,1-6H3. The van der Waals surface area contributed by atoms with Gasteiger partial charge in [-0.25, -0.2) is 0 Å². The Morgan fingerprint density at radius 3 is 2.30 bits per heavy atom. The van der Waals surface area contributed by atoms with E-state index in [4.69, 9.17) is 0 Å². The summed E-state index contributed by atoms with van der Waals surface area (Å²) < 4.78 is 1.60. The molecule has 0 saturated heterocycles. The van der Waals surface area contributed by atoms with Gasteiger partial charge in [0.15, 0.2) is 10.9 Å². The fourth-order valence-corrected chi connectivity index (χ4v) is 4.43. The highest BCUT2D eigenvalue weighted by atomic mass is 32.2. The van der Waals surface area contributed by atoms with Crippen molar-refractivity contribution in [3.63, 3.8) is 0 Å². The smallest absolute Gasteiger partial charge is 0.280 e. The number of hydrogen-bond donors (Lipinski definition) is 0. The van der Waals surface area contributed by atoms with Crippen molar-refractivity contribution in [1.82, 2.24) is 14.8 Å². The van der Waals surface area contributed by atoms with Crippen molar-refractivity contribution in [1.29, 1.82) is 0 Å². The molecular weight excluding hydrogens is 354 g/mol. The minimum Gasteiger partial charge on any atom is -0.287 e. The summed E-state index contributed by atoms with van der Waals surface area (Å²) >= 11 is 1.55. The number of rotatable bonds is 4. The fourth-order valence-electron chi connectivity index (χ4n) is 3.33. The molecule has 0 N–H and O–H groups in total. The summed E-state index contributed by atoms with van der Waals surface area (Å²) in [5.74, 6) is 0.767. The minimum atomic E-state index is -0.112. The summed E-state index contributed by atoms with van der Waals surface area (Å²) in [4.78, 5) is 12.9. The molecular formula is C22H25N3OS. The summed E-state index contributed by atoms with van der Waals surface area (Å²) in [6.45, 7) is 10.4. The molecule has 1 aromatic heterocycles. The van der Waals surface area contributed by atoms with Crippen LogP contribution in [0, 0.1) is 34.6 Å². The zero-order chi connectivity index (χ0) is 19.7. The molecule has 0 aliphatic carbocycles. The first kappa shape index (κ1) is 19.4. The zero-order valence-corrected chi connectivity index (χ0v) is 17.6. The van der Waals surface area contributed by atoms with Gasteiger partial charge >= 0.3 is 0 Å². The SMILES string of the molecule is Cc1cc(C)c(CSc2nnc(-c3cccc(C)c3C)c(=O)n2C)c(C)c1. The van der Waals surface area contributed by atoms with Crippen LogP contribution in [0.15, 0.2) is 40.3 Å². The number of hydrogen-bond acceptors (Lipinski definition) is 4. The van der Waals surface area contributed by atoms with Crippen molar-refractivity contribution in [2.75, 3.05) is 0 Å². The summed E-state index contributed by atoms with van der Waals surface area (Å²) in [6, 6.07) is 10.3. The highest BCUT2D eigenvalue weighted by molar-refractivity contribution is 7.98. The van der Waals surface area contributed by atoms with E-state index in [-0.39, 0.29) is 5.56 Å². The summed E-state index contributed by atoms with van der Waals surface area (Å²) in [5.41, 5.74) is 8.45. The van der Waals surface area contributed by atoms with E-state index in [1.165, 1.54) is 22.3 Å². The van der Waals surface area contributed by atoms with Crippen molar-refractivity contribution in [2.45, 2.75) is 45.5 Å². The van der Waals surface area contributed by atoms with E-state index in [9.17, 15) is 4.79 Å². The molecule has 0 fully saturated rings. The zero-order valence-electron chi connectivity index (χ0n) is 16.8. The summed E-state index contributed by atoms with van der Waals surface area (Å²) in [5, 5.41) is 9.27. The molecule has 0 amide bonds. The van der Waals surface area contributed by atoms with Crippen LogP contribution in [0.4, 0.5) is 0 Å². The Morgan fingerprint density at radius 1 is 0.963 bits per heavy atom. The molecule has 0 aliphatic rings. The monoisotopic (exact) mass is 379 g/mol. The highest BCUT2D eigenvalue weighted by Crippen LogP contribution is 2.26. The van der Waals surface area contributed by atoms with Gasteiger partial charge in [-0.15, -0.1) is 10.2 Å². The third-order valence-electron chi connectivity index (χ3n) is 5.08. The van der Waals surface area contributed by atoms with Gasteiger partial charge in [0.2, 0.25) is 0 Å². The lowest BCUT2D eigenvalue weighted by atomic mass is 10.0. The van der Waals surface area contributed by atoms with Crippen molar-refractivity contribution in [2.24, 2.45) is 7.05 Å². The van der Waals surface area contributed by atoms with Gasteiger partial charge in [0.25, 0.3) is 5.56 Å². The van der Waals surface area contributed by atoms with Crippen LogP contribution in [0.25, 0.3) is 11.3 Å². The lowest BCUT2D eigenvalue weighted by Crippen LogP contribution is -2.23. The van der Waals surface area contributed by atoms with E-state index in [1.54, 1.807) is 23.4 Å². The van der Waals surface area contributed by atoms with E-state index >= 15 is 0 Å². The third-order valence-corrected chi connectivity index (χ3v) is 6.12. The van der Waals surface area contributed by atoms with E-state index < -0.39 is 0 Å². The molecule has 2 aromatic carbocycles. The van der Waals surface area contributed by atoms with Gasteiger partial charge in [-0.2, -0.15) is 0 Å². The quantitative estimate of drug-likeness (QED) is 0.618. The molecule has 0 radical (unpaired) electrons. The highest BCUT2D eigenvalue weighted by Gasteiger charge is 2.15. The van der Waals surface area contributed by atoms with E-state index in [0.29, 0.717) is 10.9 Å². The van der Waals surface area contributed by atoms with Crippen molar-refractivity contribution < 1.29 is 0 Å². The first-order chi connectivity index (χ1) is 12.8. The Bertz CT molecular complexity index is 1050. The van der Waals surface area contributed by atoms with Crippen LogP contribution in [-0.4, -0.2) is 14.8 Å². The van der Waals surface area contributed by atoms with Gasteiger partial charge in [0.05, 0.1) is 0 Å². The molecule has 140 valence electrons. The number of thioether (sulfide) groups is 1.